The number of rotatable bonds is 9. The molecule has 1 aromatic rings. The molecule has 1 aliphatic heterocycles. The van der Waals surface area contributed by atoms with Crippen LogP contribution in [0.4, 0.5) is 5.69 Å². The van der Waals surface area contributed by atoms with Crippen molar-refractivity contribution in [3.63, 3.8) is 0 Å². The predicted molar refractivity (Wildman–Crippen MR) is 96.4 cm³/mol. The van der Waals surface area contributed by atoms with Crippen molar-refractivity contribution in [1.82, 2.24) is 4.90 Å². The van der Waals surface area contributed by atoms with Crippen molar-refractivity contribution in [3.05, 3.63) is 23.8 Å². The average Bonchev–Trinajstić information content (AvgIpc) is 2.57. The summed E-state index contributed by atoms with van der Waals surface area (Å²) in [5.74, 6) is 0.917. The summed E-state index contributed by atoms with van der Waals surface area (Å²) in [4.78, 5) is 4.66. The van der Waals surface area contributed by atoms with Gasteiger partial charge in [0.1, 0.15) is 12.4 Å². The quantitative estimate of drug-likeness (QED) is 0.756. The zero-order valence-electron chi connectivity index (χ0n) is 14.9. The molecule has 0 radical (unpaired) electrons. The third-order valence-corrected chi connectivity index (χ3v) is 4.50. The number of benzene rings is 1. The Hall–Kier alpha value is -1.26. The van der Waals surface area contributed by atoms with Gasteiger partial charge in [-0.1, -0.05) is 26.3 Å². The summed E-state index contributed by atoms with van der Waals surface area (Å²) in [6.07, 6.45) is 3.90. The Morgan fingerprint density at radius 1 is 1.26 bits per heavy atom. The molecule has 0 bridgehead atoms. The van der Waals surface area contributed by atoms with Gasteiger partial charge in [0, 0.05) is 13.1 Å². The molecule has 23 heavy (non-hydrogen) atoms. The van der Waals surface area contributed by atoms with Crippen molar-refractivity contribution in [1.29, 1.82) is 0 Å². The lowest BCUT2D eigenvalue weighted by atomic mass is 10.0. The smallest absolute Gasteiger partial charge is 0.143 e. The molecule has 1 aliphatic rings. The van der Waals surface area contributed by atoms with Gasteiger partial charge in [-0.05, 0) is 50.6 Å². The van der Waals surface area contributed by atoms with E-state index in [1.807, 2.05) is 12.1 Å². The highest BCUT2D eigenvalue weighted by Gasteiger charge is 2.19. The van der Waals surface area contributed by atoms with E-state index in [9.17, 15) is 5.11 Å². The number of fused-ring (bicyclic) bond motifs is 1. The third kappa shape index (κ3) is 5.11. The van der Waals surface area contributed by atoms with Gasteiger partial charge in [-0.2, -0.15) is 0 Å². The Labute approximate surface area is 141 Å². The van der Waals surface area contributed by atoms with Crippen LogP contribution in [-0.2, 0) is 0 Å². The molecule has 1 N–H and O–H groups in total. The lowest BCUT2D eigenvalue weighted by molar-refractivity contribution is 0.148. The molecule has 0 saturated heterocycles. The minimum Gasteiger partial charge on any atom is -0.490 e. The predicted octanol–water partition coefficient (Wildman–Crippen LogP) is 3.45. The topological polar surface area (TPSA) is 35.9 Å². The van der Waals surface area contributed by atoms with Gasteiger partial charge in [-0.25, -0.2) is 0 Å². The summed E-state index contributed by atoms with van der Waals surface area (Å²) < 4.78 is 5.81. The van der Waals surface area contributed by atoms with Crippen molar-refractivity contribution in [2.45, 2.75) is 45.6 Å². The molecule has 1 heterocycles. The number of anilines is 1. The van der Waals surface area contributed by atoms with Crippen molar-refractivity contribution < 1.29 is 9.84 Å². The summed E-state index contributed by atoms with van der Waals surface area (Å²) in [6, 6.07) is 6.17. The molecule has 4 nitrogen and oxygen atoms in total. The first kappa shape index (κ1) is 18.1. The molecule has 0 saturated carbocycles. The molecule has 2 rings (SSSR count). The minimum atomic E-state index is -0.422. The van der Waals surface area contributed by atoms with E-state index in [2.05, 4.69) is 36.8 Å². The molecule has 0 fully saturated rings. The van der Waals surface area contributed by atoms with Crippen LogP contribution in [0.3, 0.4) is 0 Å². The van der Waals surface area contributed by atoms with Crippen molar-refractivity contribution in [3.8, 4) is 5.75 Å². The van der Waals surface area contributed by atoms with Gasteiger partial charge in [0.15, 0.2) is 0 Å². The molecule has 4 heteroatoms. The maximum Gasteiger partial charge on any atom is 0.143 e. The van der Waals surface area contributed by atoms with Crippen LogP contribution in [0.15, 0.2) is 18.2 Å². The molecule has 0 amide bonds. The summed E-state index contributed by atoms with van der Waals surface area (Å²) >= 11 is 0. The molecular weight excluding hydrogens is 288 g/mol. The van der Waals surface area contributed by atoms with Gasteiger partial charge in [0.2, 0.25) is 0 Å². The monoisotopic (exact) mass is 320 g/mol. The molecule has 1 unspecified atom stereocenters. The van der Waals surface area contributed by atoms with Crippen LogP contribution in [0.25, 0.3) is 0 Å². The standard InChI is InChI=1S/C19H32N2O2/c1-4-6-11-20(3)12-9-18(22)16-7-8-17-19(15-16)23-14-13-21(17)10-5-2/h7-8,15,18,22H,4-6,9-14H2,1-3H3. The number of hydrogen-bond acceptors (Lipinski definition) is 4. The van der Waals surface area contributed by atoms with Crippen molar-refractivity contribution in [2.24, 2.45) is 0 Å². The number of nitrogens with zero attached hydrogens (tertiary/aromatic N) is 2. The summed E-state index contributed by atoms with van der Waals surface area (Å²) in [7, 11) is 2.13. The molecule has 0 aromatic heterocycles. The number of aliphatic hydroxyl groups is 1. The SMILES string of the molecule is CCCCN(C)CCC(O)c1ccc2c(c1)OCCN2CCC. The number of hydrogen-bond donors (Lipinski definition) is 1. The van der Waals surface area contributed by atoms with Crippen LogP contribution in [0.2, 0.25) is 0 Å². The van der Waals surface area contributed by atoms with Crippen LogP contribution >= 0.6 is 0 Å². The largest absolute Gasteiger partial charge is 0.490 e. The fourth-order valence-corrected chi connectivity index (χ4v) is 3.05. The van der Waals surface area contributed by atoms with Crippen LogP contribution in [0.1, 0.15) is 51.2 Å². The first-order valence-electron chi connectivity index (χ1n) is 9.04. The highest BCUT2D eigenvalue weighted by atomic mass is 16.5. The number of aliphatic hydroxyl groups excluding tert-OH is 1. The minimum absolute atomic E-state index is 0.422. The highest BCUT2D eigenvalue weighted by Crippen LogP contribution is 2.34. The fraction of sp³-hybridized carbons (Fsp3) is 0.684. The second kappa shape index (κ2) is 9.14. The Kier molecular flexibility index (Phi) is 7.18. The first-order valence-corrected chi connectivity index (χ1v) is 9.04. The van der Waals surface area contributed by atoms with E-state index in [1.165, 1.54) is 12.8 Å². The molecule has 1 atom stereocenters. The van der Waals surface area contributed by atoms with Gasteiger partial charge >= 0.3 is 0 Å². The summed E-state index contributed by atoms with van der Waals surface area (Å²) in [5.41, 5.74) is 2.13. The fourth-order valence-electron chi connectivity index (χ4n) is 3.05. The Morgan fingerprint density at radius 3 is 2.83 bits per heavy atom. The van der Waals surface area contributed by atoms with E-state index in [4.69, 9.17) is 4.74 Å². The van der Waals surface area contributed by atoms with Gasteiger partial charge in [0.05, 0.1) is 18.3 Å². The summed E-state index contributed by atoms with van der Waals surface area (Å²) in [6.45, 7) is 9.15. The van der Waals surface area contributed by atoms with E-state index in [-0.39, 0.29) is 0 Å². The van der Waals surface area contributed by atoms with Crippen LogP contribution in [-0.4, -0.2) is 49.8 Å². The maximum atomic E-state index is 10.5. The van der Waals surface area contributed by atoms with Gasteiger partial charge in [-0.3, -0.25) is 0 Å². The summed E-state index contributed by atoms with van der Waals surface area (Å²) in [5, 5.41) is 10.5. The van der Waals surface area contributed by atoms with Crippen LogP contribution in [0.5, 0.6) is 5.75 Å². The zero-order valence-corrected chi connectivity index (χ0v) is 14.9. The zero-order chi connectivity index (χ0) is 16.7. The molecule has 0 spiro atoms. The molecule has 0 aliphatic carbocycles. The van der Waals surface area contributed by atoms with Crippen LogP contribution < -0.4 is 9.64 Å². The van der Waals surface area contributed by atoms with Gasteiger partial charge in [0.25, 0.3) is 0 Å². The second-order valence-corrected chi connectivity index (χ2v) is 6.52. The van der Waals surface area contributed by atoms with Gasteiger partial charge < -0.3 is 19.6 Å². The van der Waals surface area contributed by atoms with E-state index >= 15 is 0 Å². The lowest BCUT2D eigenvalue weighted by Crippen LogP contribution is -2.33. The first-order chi connectivity index (χ1) is 11.2. The van der Waals surface area contributed by atoms with E-state index in [1.54, 1.807) is 0 Å². The molecule has 1 aromatic carbocycles. The maximum absolute atomic E-state index is 10.5. The highest BCUT2D eigenvalue weighted by molar-refractivity contribution is 5.61. The molecule has 130 valence electrons. The Morgan fingerprint density at radius 2 is 2.09 bits per heavy atom. The van der Waals surface area contributed by atoms with E-state index in [0.29, 0.717) is 0 Å². The molecular formula is C19H32N2O2. The van der Waals surface area contributed by atoms with Crippen molar-refractivity contribution >= 4 is 5.69 Å². The van der Waals surface area contributed by atoms with E-state index in [0.717, 1.165) is 62.6 Å². The number of ether oxygens (including phenoxy) is 1. The second-order valence-electron chi connectivity index (χ2n) is 6.52. The van der Waals surface area contributed by atoms with Crippen molar-refractivity contribution in [2.75, 3.05) is 44.7 Å². The van der Waals surface area contributed by atoms with Gasteiger partial charge in [-0.15, -0.1) is 0 Å². The lowest BCUT2D eigenvalue weighted by Gasteiger charge is -2.31. The van der Waals surface area contributed by atoms with Crippen LogP contribution in [0, 0.1) is 0 Å². The normalized spacial score (nSPS) is 15.4. The Bertz CT molecular complexity index is 478. The van der Waals surface area contributed by atoms with E-state index < -0.39 is 6.10 Å². The number of unbranched alkanes of at least 4 members (excludes halogenated alkanes) is 1. The Balaban J connectivity index is 1.95. The average molecular weight is 320 g/mol. The third-order valence-electron chi connectivity index (χ3n) is 4.50.